The highest BCUT2D eigenvalue weighted by Crippen LogP contribution is 1.99. The van der Waals surface area contributed by atoms with Crippen LogP contribution in [0.1, 0.15) is 5.56 Å². The van der Waals surface area contributed by atoms with Gasteiger partial charge in [-0.3, -0.25) is 4.18 Å². The molecule has 0 aromatic carbocycles. The van der Waals surface area contributed by atoms with E-state index in [1.807, 2.05) is 0 Å². The normalized spacial score (nSPS) is 11.4. The summed E-state index contributed by atoms with van der Waals surface area (Å²) in [7, 11) is -3.37. The SMILES string of the molecule is CS(=O)(=O)OCc1ccnnc1. The van der Waals surface area contributed by atoms with Crippen molar-refractivity contribution in [2.24, 2.45) is 0 Å². The number of rotatable bonds is 3. The van der Waals surface area contributed by atoms with Crippen molar-refractivity contribution in [3.05, 3.63) is 24.0 Å². The van der Waals surface area contributed by atoms with Gasteiger partial charge in [0.25, 0.3) is 10.1 Å². The molecular formula is C6H8N2O3S. The van der Waals surface area contributed by atoms with Crippen molar-refractivity contribution >= 4 is 10.1 Å². The van der Waals surface area contributed by atoms with Gasteiger partial charge in [-0.05, 0) is 6.07 Å². The number of nitrogens with zero attached hydrogens (tertiary/aromatic N) is 2. The van der Waals surface area contributed by atoms with E-state index in [1.165, 1.54) is 12.4 Å². The molecule has 0 aliphatic carbocycles. The first-order chi connectivity index (χ1) is 5.58. The molecule has 0 spiro atoms. The summed E-state index contributed by atoms with van der Waals surface area (Å²) in [5.74, 6) is 0. The van der Waals surface area contributed by atoms with Crippen LogP contribution in [-0.4, -0.2) is 24.9 Å². The predicted molar refractivity (Wildman–Crippen MR) is 41.7 cm³/mol. The van der Waals surface area contributed by atoms with E-state index >= 15 is 0 Å². The van der Waals surface area contributed by atoms with Gasteiger partial charge in [-0.25, -0.2) is 0 Å². The topological polar surface area (TPSA) is 69.2 Å². The van der Waals surface area contributed by atoms with Crippen LogP contribution in [0.4, 0.5) is 0 Å². The summed E-state index contributed by atoms with van der Waals surface area (Å²) in [5, 5.41) is 7.10. The molecule has 1 rings (SSSR count). The fourth-order valence-electron chi connectivity index (χ4n) is 0.579. The first kappa shape index (κ1) is 9.08. The van der Waals surface area contributed by atoms with E-state index in [2.05, 4.69) is 14.4 Å². The second-order valence-corrected chi connectivity index (χ2v) is 3.86. The molecule has 1 aromatic rings. The first-order valence-electron chi connectivity index (χ1n) is 3.18. The van der Waals surface area contributed by atoms with E-state index in [-0.39, 0.29) is 6.61 Å². The minimum Gasteiger partial charge on any atom is -0.265 e. The van der Waals surface area contributed by atoms with Gasteiger partial charge in [-0.1, -0.05) is 0 Å². The summed E-state index contributed by atoms with van der Waals surface area (Å²) in [5.41, 5.74) is 0.676. The van der Waals surface area contributed by atoms with Crippen molar-refractivity contribution in [1.29, 1.82) is 0 Å². The Kier molecular flexibility index (Phi) is 2.72. The quantitative estimate of drug-likeness (QED) is 0.622. The van der Waals surface area contributed by atoms with Gasteiger partial charge in [0.05, 0.1) is 19.1 Å². The van der Waals surface area contributed by atoms with Gasteiger partial charge in [0.1, 0.15) is 0 Å². The Morgan fingerprint density at radius 1 is 1.50 bits per heavy atom. The third kappa shape index (κ3) is 3.40. The van der Waals surface area contributed by atoms with Crippen LogP contribution in [0.2, 0.25) is 0 Å². The molecule has 0 fully saturated rings. The van der Waals surface area contributed by atoms with Crippen molar-refractivity contribution < 1.29 is 12.6 Å². The van der Waals surface area contributed by atoms with E-state index in [0.29, 0.717) is 5.56 Å². The highest BCUT2D eigenvalue weighted by atomic mass is 32.2. The maximum atomic E-state index is 10.5. The van der Waals surface area contributed by atoms with Gasteiger partial charge in [-0.2, -0.15) is 18.6 Å². The second-order valence-electron chi connectivity index (χ2n) is 2.22. The van der Waals surface area contributed by atoms with Crippen molar-refractivity contribution in [2.75, 3.05) is 6.26 Å². The van der Waals surface area contributed by atoms with Gasteiger partial charge < -0.3 is 0 Å². The van der Waals surface area contributed by atoms with Gasteiger partial charge in [0, 0.05) is 11.8 Å². The van der Waals surface area contributed by atoms with Gasteiger partial charge in [0.15, 0.2) is 0 Å². The molecule has 6 heteroatoms. The molecule has 12 heavy (non-hydrogen) atoms. The molecule has 0 aliphatic rings. The van der Waals surface area contributed by atoms with Gasteiger partial charge in [0.2, 0.25) is 0 Å². The average molecular weight is 188 g/mol. The Bertz CT molecular complexity index is 335. The first-order valence-corrected chi connectivity index (χ1v) is 4.99. The number of hydrogen-bond acceptors (Lipinski definition) is 5. The fraction of sp³-hybridized carbons (Fsp3) is 0.333. The van der Waals surface area contributed by atoms with Crippen LogP contribution in [-0.2, 0) is 20.9 Å². The summed E-state index contributed by atoms with van der Waals surface area (Å²) >= 11 is 0. The summed E-state index contributed by atoms with van der Waals surface area (Å²) in [6, 6.07) is 1.64. The van der Waals surface area contributed by atoms with Crippen molar-refractivity contribution in [2.45, 2.75) is 6.61 Å². The molecule has 1 heterocycles. The molecule has 0 atom stereocenters. The molecule has 1 aromatic heterocycles. The Labute approximate surface area is 70.5 Å². The Morgan fingerprint density at radius 2 is 2.25 bits per heavy atom. The molecule has 0 saturated carbocycles. The third-order valence-electron chi connectivity index (χ3n) is 1.09. The zero-order chi connectivity index (χ0) is 9.03. The number of aromatic nitrogens is 2. The lowest BCUT2D eigenvalue weighted by Gasteiger charge is -1.98. The highest BCUT2D eigenvalue weighted by molar-refractivity contribution is 7.85. The van der Waals surface area contributed by atoms with Gasteiger partial charge >= 0.3 is 0 Å². The Hall–Kier alpha value is -1.01. The molecule has 0 saturated heterocycles. The molecule has 0 unspecified atom stereocenters. The molecular weight excluding hydrogens is 180 g/mol. The largest absolute Gasteiger partial charge is 0.265 e. The molecule has 0 bridgehead atoms. The third-order valence-corrected chi connectivity index (χ3v) is 1.63. The molecule has 66 valence electrons. The smallest absolute Gasteiger partial charge is 0.264 e. The molecule has 0 radical (unpaired) electrons. The Morgan fingerprint density at radius 3 is 2.75 bits per heavy atom. The maximum Gasteiger partial charge on any atom is 0.264 e. The van der Waals surface area contributed by atoms with Crippen molar-refractivity contribution in [1.82, 2.24) is 10.2 Å². The van der Waals surface area contributed by atoms with Crippen LogP contribution < -0.4 is 0 Å². The average Bonchev–Trinajstić information content (AvgIpc) is 2.02. The lowest BCUT2D eigenvalue weighted by atomic mass is 10.3. The lowest BCUT2D eigenvalue weighted by molar-refractivity contribution is 0.311. The standard InChI is InChI=1S/C6H8N2O3S/c1-12(9,10)11-5-6-2-3-7-8-4-6/h2-4H,5H2,1H3. The maximum absolute atomic E-state index is 10.5. The summed E-state index contributed by atoms with van der Waals surface area (Å²) in [6.07, 6.45) is 3.92. The minimum atomic E-state index is -3.37. The van der Waals surface area contributed by atoms with Crippen LogP contribution in [0.25, 0.3) is 0 Å². The van der Waals surface area contributed by atoms with Crippen molar-refractivity contribution in [3.8, 4) is 0 Å². The molecule has 0 aliphatic heterocycles. The van der Waals surface area contributed by atoms with E-state index in [1.54, 1.807) is 6.07 Å². The predicted octanol–water partition coefficient (Wildman–Crippen LogP) is -0.0472. The van der Waals surface area contributed by atoms with Crippen LogP contribution in [0.3, 0.4) is 0 Å². The van der Waals surface area contributed by atoms with E-state index in [9.17, 15) is 8.42 Å². The van der Waals surface area contributed by atoms with Crippen LogP contribution in [0.15, 0.2) is 18.5 Å². The highest BCUT2D eigenvalue weighted by Gasteiger charge is 2.01. The zero-order valence-corrected chi connectivity index (χ0v) is 7.28. The van der Waals surface area contributed by atoms with Crippen LogP contribution in [0, 0.1) is 0 Å². The Balaban J connectivity index is 2.56. The second kappa shape index (κ2) is 3.59. The fourth-order valence-corrected chi connectivity index (χ4v) is 0.929. The monoisotopic (exact) mass is 188 g/mol. The summed E-state index contributed by atoms with van der Waals surface area (Å²) < 4.78 is 25.6. The molecule has 0 amide bonds. The zero-order valence-electron chi connectivity index (χ0n) is 6.47. The molecule has 5 nitrogen and oxygen atoms in total. The van der Waals surface area contributed by atoms with E-state index < -0.39 is 10.1 Å². The minimum absolute atomic E-state index is 0.00829. The molecule has 0 N–H and O–H groups in total. The van der Waals surface area contributed by atoms with Gasteiger partial charge in [-0.15, -0.1) is 0 Å². The number of hydrogen-bond donors (Lipinski definition) is 0. The van der Waals surface area contributed by atoms with E-state index in [4.69, 9.17) is 0 Å². The van der Waals surface area contributed by atoms with Crippen molar-refractivity contribution in [3.63, 3.8) is 0 Å². The lowest BCUT2D eigenvalue weighted by Crippen LogP contribution is -2.02. The van der Waals surface area contributed by atoms with E-state index in [0.717, 1.165) is 6.26 Å². The van der Waals surface area contributed by atoms with Crippen LogP contribution >= 0.6 is 0 Å². The summed E-state index contributed by atoms with van der Waals surface area (Å²) in [6.45, 7) is 0.00829. The van der Waals surface area contributed by atoms with Crippen LogP contribution in [0.5, 0.6) is 0 Å². The summed E-state index contributed by atoms with van der Waals surface area (Å²) in [4.78, 5) is 0.